The van der Waals surface area contributed by atoms with E-state index in [9.17, 15) is 0 Å². The van der Waals surface area contributed by atoms with Crippen LogP contribution in [-0.2, 0) is 13.9 Å². The van der Waals surface area contributed by atoms with Gasteiger partial charge < -0.3 is 13.9 Å². The minimum Gasteiger partial charge on any atom is -0.405 e. The van der Waals surface area contributed by atoms with Crippen LogP contribution in [0.4, 0.5) is 0 Å². The molecule has 1 saturated heterocycles. The van der Waals surface area contributed by atoms with Crippen LogP contribution >= 0.6 is 0 Å². The molecule has 33 heavy (non-hydrogen) atoms. The molecule has 0 bridgehead atoms. The summed E-state index contributed by atoms with van der Waals surface area (Å²) in [4.78, 5) is 0. The predicted molar refractivity (Wildman–Crippen MR) is 141 cm³/mol. The lowest BCUT2D eigenvalue weighted by Crippen LogP contribution is -2.67. The second kappa shape index (κ2) is 12.1. The maximum atomic E-state index is 7.16. The van der Waals surface area contributed by atoms with E-state index in [1.165, 1.54) is 16.8 Å². The topological polar surface area (TPSA) is 27.7 Å². The third-order valence-corrected chi connectivity index (χ3v) is 11.9. The molecule has 3 nitrogen and oxygen atoms in total. The molecule has 1 aliphatic heterocycles. The number of benzene rings is 2. The minimum atomic E-state index is -2.56. The number of unbranched alkanes of at least 4 members (excludes halogenated alkanes) is 1. The molecule has 2 aromatic carbocycles. The lowest BCUT2D eigenvalue weighted by molar-refractivity contribution is 0.0431. The van der Waals surface area contributed by atoms with Crippen LogP contribution in [0.3, 0.4) is 0 Å². The van der Waals surface area contributed by atoms with E-state index in [2.05, 4.69) is 101 Å². The Bertz CT molecular complexity index is 805. The van der Waals surface area contributed by atoms with Crippen LogP contribution in [0, 0.1) is 5.92 Å². The van der Waals surface area contributed by atoms with Crippen molar-refractivity contribution in [1.29, 1.82) is 0 Å². The van der Waals surface area contributed by atoms with Crippen molar-refractivity contribution in [3.8, 4) is 0 Å². The molecule has 3 rings (SSSR count). The fourth-order valence-electron chi connectivity index (χ4n) is 5.15. The third-order valence-electron chi connectivity index (χ3n) is 6.90. The molecule has 3 atom stereocenters. The van der Waals surface area contributed by atoms with E-state index in [-0.39, 0.29) is 17.2 Å². The Morgan fingerprint density at radius 1 is 0.939 bits per heavy atom. The highest BCUT2D eigenvalue weighted by atomic mass is 28.4. The fourth-order valence-corrected chi connectivity index (χ4v) is 9.72. The summed E-state index contributed by atoms with van der Waals surface area (Å²) in [7, 11) is -0.757. The molecular formula is C29H42O3Si. The quantitative estimate of drug-likeness (QED) is 0.313. The van der Waals surface area contributed by atoms with E-state index in [0.717, 1.165) is 19.3 Å². The van der Waals surface area contributed by atoms with Crippen LogP contribution in [0.2, 0.25) is 5.04 Å². The molecular weight excluding hydrogens is 424 g/mol. The Morgan fingerprint density at radius 3 is 2.03 bits per heavy atom. The highest BCUT2D eigenvalue weighted by molar-refractivity contribution is 6.99. The fraction of sp³-hybridized carbons (Fsp3) is 0.517. The molecule has 2 aromatic rings. The molecule has 180 valence electrons. The summed E-state index contributed by atoms with van der Waals surface area (Å²) in [6.45, 7) is 10.4. The van der Waals surface area contributed by atoms with Crippen LogP contribution in [-0.4, -0.2) is 40.8 Å². The number of allylic oxidation sites excluding steroid dienone is 2. The zero-order chi connectivity index (χ0) is 23.7. The molecule has 0 radical (unpaired) electrons. The number of hydrogen-bond acceptors (Lipinski definition) is 3. The molecule has 0 amide bonds. The van der Waals surface area contributed by atoms with E-state index >= 15 is 0 Å². The maximum absolute atomic E-state index is 7.16. The molecule has 0 aromatic heterocycles. The summed E-state index contributed by atoms with van der Waals surface area (Å²) in [6.07, 6.45) is 9.26. The van der Waals surface area contributed by atoms with Crippen molar-refractivity contribution in [3.05, 3.63) is 72.8 Å². The van der Waals surface area contributed by atoms with Crippen molar-refractivity contribution in [2.24, 2.45) is 5.92 Å². The van der Waals surface area contributed by atoms with Crippen molar-refractivity contribution in [3.63, 3.8) is 0 Å². The predicted octanol–water partition coefficient (Wildman–Crippen LogP) is 5.73. The van der Waals surface area contributed by atoms with Crippen LogP contribution in [0.1, 0.15) is 53.4 Å². The van der Waals surface area contributed by atoms with Gasteiger partial charge in [-0.05, 0) is 34.7 Å². The van der Waals surface area contributed by atoms with E-state index in [4.69, 9.17) is 13.9 Å². The van der Waals surface area contributed by atoms with Gasteiger partial charge in [0, 0.05) is 13.0 Å². The summed E-state index contributed by atoms with van der Waals surface area (Å²) in [5.74, 6) is 0.347. The van der Waals surface area contributed by atoms with Crippen molar-refractivity contribution in [2.45, 2.75) is 70.6 Å². The first-order valence-electron chi connectivity index (χ1n) is 12.5. The van der Waals surface area contributed by atoms with Gasteiger partial charge in [-0.2, -0.15) is 0 Å². The Morgan fingerprint density at radius 2 is 1.52 bits per heavy atom. The molecule has 4 heteroatoms. The van der Waals surface area contributed by atoms with Gasteiger partial charge in [0.25, 0.3) is 8.32 Å². The van der Waals surface area contributed by atoms with Crippen molar-refractivity contribution in [1.82, 2.24) is 0 Å². The summed E-state index contributed by atoms with van der Waals surface area (Å²) < 4.78 is 19.2. The Balaban J connectivity index is 1.87. The largest absolute Gasteiger partial charge is 0.405 e. The number of ether oxygens (including phenoxy) is 2. The smallest absolute Gasteiger partial charge is 0.261 e. The second-order valence-electron chi connectivity index (χ2n) is 10.1. The van der Waals surface area contributed by atoms with Gasteiger partial charge in [-0.1, -0.05) is 107 Å². The van der Waals surface area contributed by atoms with Gasteiger partial charge >= 0.3 is 0 Å². The molecule has 0 spiro atoms. The molecule has 1 heterocycles. The SMILES string of the molecule is CCC/C=C\CC[C@H]1C(OC)CO[C@@H]1CO[Si](c1ccccc1)(c1ccccc1)C(C)(C)C. The van der Waals surface area contributed by atoms with Gasteiger partial charge in [0.15, 0.2) is 0 Å². The first kappa shape index (κ1) is 25.9. The molecule has 1 fully saturated rings. The average Bonchev–Trinajstić information content (AvgIpc) is 3.21. The lowest BCUT2D eigenvalue weighted by atomic mass is 9.93. The van der Waals surface area contributed by atoms with Gasteiger partial charge in [0.1, 0.15) is 0 Å². The molecule has 1 unspecified atom stereocenters. The van der Waals surface area contributed by atoms with Crippen molar-refractivity contribution in [2.75, 3.05) is 20.3 Å². The van der Waals surface area contributed by atoms with E-state index in [1.807, 2.05) is 0 Å². The van der Waals surface area contributed by atoms with E-state index in [0.29, 0.717) is 19.1 Å². The van der Waals surface area contributed by atoms with Crippen molar-refractivity contribution >= 4 is 18.7 Å². The monoisotopic (exact) mass is 466 g/mol. The van der Waals surface area contributed by atoms with Crippen LogP contribution in [0.25, 0.3) is 0 Å². The first-order chi connectivity index (χ1) is 15.9. The summed E-state index contributed by atoms with van der Waals surface area (Å²) >= 11 is 0. The van der Waals surface area contributed by atoms with E-state index in [1.54, 1.807) is 7.11 Å². The van der Waals surface area contributed by atoms with Gasteiger partial charge in [0.05, 0.1) is 25.4 Å². The number of methoxy groups -OCH3 is 1. The van der Waals surface area contributed by atoms with Crippen LogP contribution in [0.15, 0.2) is 72.8 Å². The minimum absolute atomic E-state index is 0.0344. The Hall–Kier alpha value is -1.72. The maximum Gasteiger partial charge on any atom is 0.261 e. The zero-order valence-electron chi connectivity index (χ0n) is 21.1. The van der Waals surface area contributed by atoms with Gasteiger partial charge in [0.2, 0.25) is 0 Å². The van der Waals surface area contributed by atoms with Crippen LogP contribution < -0.4 is 10.4 Å². The lowest BCUT2D eigenvalue weighted by Gasteiger charge is -2.43. The highest BCUT2D eigenvalue weighted by Gasteiger charge is 2.51. The Labute approximate surface area is 202 Å². The summed E-state index contributed by atoms with van der Waals surface area (Å²) in [5.41, 5.74) is 0. The van der Waals surface area contributed by atoms with E-state index < -0.39 is 8.32 Å². The first-order valence-corrected chi connectivity index (χ1v) is 14.4. The summed E-state index contributed by atoms with van der Waals surface area (Å²) in [6, 6.07) is 21.7. The van der Waals surface area contributed by atoms with Crippen molar-refractivity contribution < 1.29 is 13.9 Å². The molecule has 0 saturated carbocycles. The summed E-state index contributed by atoms with van der Waals surface area (Å²) in [5, 5.41) is 2.58. The Kier molecular flexibility index (Phi) is 9.51. The van der Waals surface area contributed by atoms with Gasteiger partial charge in [-0.3, -0.25) is 0 Å². The number of rotatable bonds is 11. The van der Waals surface area contributed by atoms with Gasteiger partial charge in [-0.15, -0.1) is 0 Å². The number of hydrogen-bond donors (Lipinski definition) is 0. The molecule has 1 aliphatic rings. The molecule has 0 aliphatic carbocycles. The second-order valence-corrected chi connectivity index (χ2v) is 14.4. The van der Waals surface area contributed by atoms with Gasteiger partial charge in [-0.25, -0.2) is 0 Å². The highest BCUT2D eigenvalue weighted by Crippen LogP contribution is 2.38. The third kappa shape index (κ3) is 6.05. The molecule has 0 N–H and O–H groups in total. The zero-order valence-corrected chi connectivity index (χ0v) is 22.1. The standard InChI is InChI=1S/C29H42O3Si/c1-6-7-8-9-16-21-26-27(30-5)22-31-28(26)23-32-33(29(2,3)4,24-17-12-10-13-18-24)25-19-14-11-15-20-25/h8-15,17-20,26-28H,6-7,16,21-23H2,1-5H3/b9-8-/t26-,27?,28+/m0/s1. The normalized spacial score (nSPS) is 21.7. The average molecular weight is 467 g/mol. The van der Waals surface area contributed by atoms with Crippen LogP contribution in [0.5, 0.6) is 0 Å².